The first-order valence-electron chi connectivity index (χ1n) is 5.52. The number of hydrogen-bond acceptors (Lipinski definition) is 3. The third kappa shape index (κ3) is 3.47. The van der Waals surface area contributed by atoms with Crippen LogP contribution in [-0.2, 0) is 0 Å². The smallest absolute Gasteiger partial charge is 0.0963 e. The fourth-order valence-corrected chi connectivity index (χ4v) is 1.80. The largest absolute Gasteiger partial charge is 0.389 e. The molecule has 1 atom stereocenters. The summed E-state index contributed by atoms with van der Waals surface area (Å²) in [6.07, 6.45) is 1.71. The molecule has 4 nitrogen and oxygen atoms in total. The standard InChI is InChI=1S/C11H23N3O/c1-10(2,9(12)13)4-6-14-7-5-11(3,15)8-14/h15H,4-8H2,1-3H3,(H3,12,13). The maximum Gasteiger partial charge on any atom is 0.0963 e. The molecule has 1 unspecified atom stereocenters. The second-order valence-corrected chi connectivity index (χ2v) is 5.57. The number of rotatable bonds is 4. The first-order chi connectivity index (χ1) is 6.73. The van der Waals surface area contributed by atoms with Crippen LogP contribution >= 0.6 is 0 Å². The van der Waals surface area contributed by atoms with Crippen LogP contribution < -0.4 is 5.73 Å². The van der Waals surface area contributed by atoms with Gasteiger partial charge >= 0.3 is 0 Å². The maximum atomic E-state index is 9.79. The number of β-amino-alcohol motifs (C(OH)–C–C–N with tert-alkyl or cyclic N) is 1. The lowest BCUT2D eigenvalue weighted by Crippen LogP contribution is -2.36. The summed E-state index contributed by atoms with van der Waals surface area (Å²) in [6, 6.07) is 0. The van der Waals surface area contributed by atoms with Crippen LogP contribution in [0.3, 0.4) is 0 Å². The van der Waals surface area contributed by atoms with Crippen LogP contribution in [0.1, 0.15) is 33.6 Å². The maximum absolute atomic E-state index is 9.79. The predicted octanol–water partition coefficient (Wildman–Crippen LogP) is 0.795. The highest BCUT2D eigenvalue weighted by Gasteiger charge is 2.32. The number of nitrogens with zero attached hydrogens (tertiary/aromatic N) is 1. The van der Waals surface area contributed by atoms with Crippen molar-refractivity contribution in [2.24, 2.45) is 11.1 Å². The molecule has 1 heterocycles. The van der Waals surface area contributed by atoms with Crippen LogP contribution in [0.5, 0.6) is 0 Å². The Morgan fingerprint density at radius 2 is 2.20 bits per heavy atom. The van der Waals surface area contributed by atoms with E-state index in [1.165, 1.54) is 0 Å². The van der Waals surface area contributed by atoms with Crippen molar-refractivity contribution >= 4 is 5.84 Å². The Hall–Kier alpha value is -0.610. The van der Waals surface area contributed by atoms with Crippen LogP contribution in [0.2, 0.25) is 0 Å². The minimum atomic E-state index is -0.527. The summed E-state index contributed by atoms with van der Waals surface area (Å²) < 4.78 is 0. The lowest BCUT2D eigenvalue weighted by molar-refractivity contribution is 0.0678. The molecule has 1 fully saturated rings. The van der Waals surface area contributed by atoms with E-state index in [9.17, 15) is 5.11 Å². The molecule has 0 aromatic carbocycles. The summed E-state index contributed by atoms with van der Waals surface area (Å²) in [4.78, 5) is 2.24. The molecule has 0 aliphatic carbocycles. The van der Waals surface area contributed by atoms with Crippen molar-refractivity contribution in [3.63, 3.8) is 0 Å². The third-order valence-corrected chi connectivity index (χ3v) is 3.31. The van der Waals surface area contributed by atoms with Gasteiger partial charge < -0.3 is 15.7 Å². The van der Waals surface area contributed by atoms with E-state index in [4.69, 9.17) is 11.1 Å². The second kappa shape index (κ2) is 4.10. The van der Waals surface area contributed by atoms with Crippen molar-refractivity contribution in [1.29, 1.82) is 5.41 Å². The monoisotopic (exact) mass is 213 g/mol. The van der Waals surface area contributed by atoms with Crippen LogP contribution in [0, 0.1) is 10.8 Å². The molecule has 4 N–H and O–H groups in total. The van der Waals surface area contributed by atoms with E-state index in [-0.39, 0.29) is 11.3 Å². The average molecular weight is 213 g/mol. The average Bonchev–Trinajstić information content (AvgIpc) is 2.42. The second-order valence-electron chi connectivity index (χ2n) is 5.57. The van der Waals surface area contributed by atoms with Gasteiger partial charge in [-0.2, -0.15) is 0 Å². The summed E-state index contributed by atoms with van der Waals surface area (Å²) in [7, 11) is 0. The topological polar surface area (TPSA) is 73.3 Å². The van der Waals surface area contributed by atoms with Gasteiger partial charge in [-0.15, -0.1) is 0 Å². The van der Waals surface area contributed by atoms with Crippen molar-refractivity contribution in [3.8, 4) is 0 Å². The van der Waals surface area contributed by atoms with Gasteiger partial charge in [0, 0.05) is 18.5 Å². The zero-order chi connectivity index (χ0) is 11.7. The Morgan fingerprint density at radius 3 is 2.60 bits per heavy atom. The van der Waals surface area contributed by atoms with Gasteiger partial charge in [0.2, 0.25) is 0 Å². The van der Waals surface area contributed by atoms with Gasteiger partial charge in [-0.1, -0.05) is 13.8 Å². The Bertz CT molecular complexity index is 248. The van der Waals surface area contributed by atoms with Gasteiger partial charge in [-0.3, -0.25) is 5.41 Å². The van der Waals surface area contributed by atoms with Crippen molar-refractivity contribution in [3.05, 3.63) is 0 Å². The van der Waals surface area contributed by atoms with Gasteiger partial charge in [0.1, 0.15) is 0 Å². The Morgan fingerprint density at radius 1 is 1.60 bits per heavy atom. The molecule has 15 heavy (non-hydrogen) atoms. The number of nitrogens with one attached hydrogen (secondary N) is 1. The van der Waals surface area contributed by atoms with E-state index < -0.39 is 5.60 Å². The van der Waals surface area contributed by atoms with E-state index in [0.29, 0.717) is 0 Å². The fraction of sp³-hybridized carbons (Fsp3) is 0.909. The molecule has 1 saturated heterocycles. The Labute approximate surface area is 92.0 Å². The fourth-order valence-electron chi connectivity index (χ4n) is 1.80. The molecule has 4 heteroatoms. The number of amidine groups is 1. The molecule has 1 aliphatic heterocycles. The summed E-state index contributed by atoms with van der Waals surface area (Å²) in [5.41, 5.74) is 4.77. The van der Waals surface area contributed by atoms with E-state index in [1.807, 2.05) is 20.8 Å². The molecule has 0 aromatic rings. The highest BCUT2D eigenvalue weighted by Crippen LogP contribution is 2.24. The predicted molar refractivity (Wildman–Crippen MR) is 62.0 cm³/mol. The van der Waals surface area contributed by atoms with Gasteiger partial charge in [0.25, 0.3) is 0 Å². The first kappa shape index (κ1) is 12.5. The quantitative estimate of drug-likeness (QED) is 0.477. The molecule has 0 saturated carbocycles. The van der Waals surface area contributed by atoms with Crippen molar-refractivity contribution in [1.82, 2.24) is 4.90 Å². The summed E-state index contributed by atoms with van der Waals surface area (Å²) in [6.45, 7) is 8.45. The van der Waals surface area contributed by atoms with Crippen LogP contribution in [0.25, 0.3) is 0 Å². The Balaban J connectivity index is 2.36. The van der Waals surface area contributed by atoms with Crippen LogP contribution in [0.4, 0.5) is 0 Å². The molecule has 1 rings (SSSR count). The van der Waals surface area contributed by atoms with Crippen molar-refractivity contribution in [2.75, 3.05) is 19.6 Å². The van der Waals surface area contributed by atoms with Crippen molar-refractivity contribution < 1.29 is 5.11 Å². The normalized spacial score (nSPS) is 28.3. The van der Waals surface area contributed by atoms with Gasteiger partial charge in [-0.05, 0) is 26.3 Å². The Kier molecular flexibility index (Phi) is 3.41. The molecule has 1 aliphatic rings. The van der Waals surface area contributed by atoms with E-state index in [2.05, 4.69) is 4.90 Å². The molecule has 0 amide bonds. The zero-order valence-electron chi connectivity index (χ0n) is 10.0. The third-order valence-electron chi connectivity index (χ3n) is 3.31. The number of aliphatic hydroxyl groups is 1. The molecule has 88 valence electrons. The summed E-state index contributed by atoms with van der Waals surface area (Å²) >= 11 is 0. The van der Waals surface area contributed by atoms with Gasteiger partial charge in [0.05, 0.1) is 11.4 Å². The number of nitrogens with two attached hydrogens (primary N) is 1. The van der Waals surface area contributed by atoms with Gasteiger partial charge in [0.15, 0.2) is 0 Å². The SMILES string of the molecule is CC1(O)CCN(CCC(C)(C)C(=N)N)C1. The zero-order valence-corrected chi connectivity index (χ0v) is 10.0. The minimum absolute atomic E-state index is 0.228. The highest BCUT2D eigenvalue weighted by molar-refractivity contribution is 5.82. The van der Waals surface area contributed by atoms with Crippen LogP contribution in [0.15, 0.2) is 0 Å². The summed E-state index contributed by atoms with van der Waals surface area (Å²) in [5, 5.41) is 17.3. The lowest BCUT2D eigenvalue weighted by atomic mass is 9.88. The molecule has 0 radical (unpaired) electrons. The number of hydrogen-bond donors (Lipinski definition) is 3. The van der Waals surface area contributed by atoms with Crippen molar-refractivity contribution in [2.45, 2.75) is 39.2 Å². The van der Waals surface area contributed by atoms with Gasteiger partial charge in [-0.25, -0.2) is 0 Å². The molecular formula is C11H23N3O. The highest BCUT2D eigenvalue weighted by atomic mass is 16.3. The molecular weight excluding hydrogens is 190 g/mol. The summed E-state index contributed by atoms with van der Waals surface area (Å²) in [5.74, 6) is 0.244. The molecule has 0 bridgehead atoms. The number of likely N-dealkylation sites (tertiary alicyclic amines) is 1. The van der Waals surface area contributed by atoms with Crippen LogP contribution in [-0.4, -0.2) is 41.1 Å². The molecule has 0 spiro atoms. The lowest BCUT2D eigenvalue weighted by Gasteiger charge is -2.26. The minimum Gasteiger partial charge on any atom is -0.389 e. The first-order valence-corrected chi connectivity index (χ1v) is 5.52. The van der Waals surface area contributed by atoms with E-state index in [1.54, 1.807) is 0 Å². The van der Waals surface area contributed by atoms with E-state index >= 15 is 0 Å². The van der Waals surface area contributed by atoms with E-state index in [0.717, 1.165) is 32.5 Å². The molecule has 0 aromatic heterocycles.